The summed E-state index contributed by atoms with van der Waals surface area (Å²) in [4.78, 5) is 23.2. The standard InChI is InChI=1S/C18H24N4O2S.H2/c1-13-7-15(3-4-19-13)8-16-10-22(5-6-24-12-16)11-17-9-20-18(25-17)21-14(2)23;/h3-4,7,9,16H,5-6,8,10-12H2,1-2H3,(H,20,21,23);1H. The number of carbonyl (C=O) groups excluding carboxylic acids is 1. The first kappa shape index (κ1) is 18.0. The van der Waals surface area contributed by atoms with Gasteiger partial charge in [-0.3, -0.25) is 14.7 Å². The minimum Gasteiger partial charge on any atom is -0.380 e. The van der Waals surface area contributed by atoms with Gasteiger partial charge < -0.3 is 10.1 Å². The molecule has 136 valence electrons. The zero-order valence-electron chi connectivity index (χ0n) is 14.7. The Bertz CT molecular complexity index is 725. The molecule has 1 aliphatic heterocycles. The van der Waals surface area contributed by atoms with Crippen molar-refractivity contribution in [1.82, 2.24) is 14.9 Å². The molecule has 1 saturated heterocycles. The van der Waals surface area contributed by atoms with Crippen LogP contribution in [0.15, 0.2) is 24.5 Å². The fourth-order valence-corrected chi connectivity index (χ4v) is 3.99. The molecule has 1 aliphatic rings. The summed E-state index contributed by atoms with van der Waals surface area (Å²) < 4.78 is 5.81. The molecule has 0 aliphatic carbocycles. The second-order valence-corrected chi connectivity index (χ2v) is 7.61. The highest BCUT2D eigenvalue weighted by Gasteiger charge is 2.20. The van der Waals surface area contributed by atoms with E-state index in [1.54, 1.807) is 0 Å². The molecule has 0 radical (unpaired) electrons. The number of anilines is 1. The van der Waals surface area contributed by atoms with Gasteiger partial charge in [-0.25, -0.2) is 4.98 Å². The van der Waals surface area contributed by atoms with Crippen LogP contribution in [0.25, 0.3) is 0 Å². The number of rotatable bonds is 5. The molecule has 0 aromatic carbocycles. The van der Waals surface area contributed by atoms with Gasteiger partial charge in [0.1, 0.15) is 0 Å². The number of hydrogen-bond acceptors (Lipinski definition) is 6. The molecule has 7 heteroatoms. The maximum absolute atomic E-state index is 11.1. The third kappa shape index (κ3) is 5.59. The number of hydrogen-bond donors (Lipinski definition) is 1. The molecular formula is C18H26N4O2S. The third-order valence-electron chi connectivity index (χ3n) is 4.12. The lowest BCUT2D eigenvalue weighted by molar-refractivity contribution is -0.114. The Balaban J connectivity index is 0.00000243. The first-order valence-electron chi connectivity index (χ1n) is 8.52. The van der Waals surface area contributed by atoms with Crippen molar-refractivity contribution in [2.24, 2.45) is 5.92 Å². The van der Waals surface area contributed by atoms with Crippen LogP contribution in [0.3, 0.4) is 0 Å². The highest BCUT2D eigenvalue weighted by atomic mass is 32.1. The highest BCUT2D eigenvalue weighted by molar-refractivity contribution is 7.15. The van der Waals surface area contributed by atoms with Crippen molar-refractivity contribution in [3.63, 3.8) is 0 Å². The molecule has 0 bridgehead atoms. The summed E-state index contributed by atoms with van der Waals surface area (Å²) in [6.07, 6.45) is 4.73. The molecule has 6 nitrogen and oxygen atoms in total. The second-order valence-electron chi connectivity index (χ2n) is 6.50. The van der Waals surface area contributed by atoms with Gasteiger partial charge in [-0.2, -0.15) is 0 Å². The number of pyridine rings is 1. The number of aromatic nitrogens is 2. The Morgan fingerprint density at radius 3 is 3.20 bits per heavy atom. The maximum atomic E-state index is 11.1. The number of carbonyl (C=O) groups is 1. The Labute approximate surface area is 153 Å². The first-order chi connectivity index (χ1) is 12.1. The van der Waals surface area contributed by atoms with Gasteiger partial charge in [0, 0.05) is 50.9 Å². The zero-order chi connectivity index (χ0) is 17.6. The van der Waals surface area contributed by atoms with Gasteiger partial charge in [-0.05, 0) is 37.0 Å². The molecule has 0 spiro atoms. The largest absolute Gasteiger partial charge is 0.380 e. The smallest absolute Gasteiger partial charge is 0.223 e. The number of nitrogens with zero attached hydrogens (tertiary/aromatic N) is 3. The highest BCUT2D eigenvalue weighted by Crippen LogP contribution is 2.22. The van der Waals surface area contributed by atoms with E-state index in [1.165, 1.54) is 23.8 Å². The quantitative estimate of drug-likeness (QED) is 0.886. The molecule has 3 rings (SSSR count). The van der Waals surface area contributed by atoms with E-state index in [9.17, 15) is 4.79 Å². The summed E-state index contributed by atoms with van der Waals surface area (Å²) in [6, 6.07) is 4.24. The van der Waals surface area contributed by atoms with Crippen LogP contribution in [-0.2, 0) is 22.5 Å². The first-order valence-corrected chi connectivity index (χ1v) is 9.34. The molecule has 3 heterocycles. The molecule has 0 saturated carbocycles. The number of nitrogens with one attached hydrogen (secondary N) is 1. The predicted molar refractivity (Wildman–Crippen MR) is 101 cm³/mol. The van der Waals surface area contributed by atoms with Gasteiger partial charge in [0.2, 0.25) is 5.91 Å². The summed E-state index contributed by atoms with van der Waals surface area (Å²) in [5.41, 5.74) is 2.37. The van der Waals surface area contributed by atoms with Crippen LogP contribution in [0, 0.1) is 12.8 Å². The van der Waals surface area contributed by atoms with Crippen LogP contribution in [0.1, 0.15) is 24.5 Å². The number of thiazole rings is 1. The van der Waals surface area contributed by atoms with Crippen LogP contribution in [0.5, 0.6) is 0 Å². The van der Waals surface area contributed by atoms with Gasteiger partial charge in [0.15, 0.2) is 5.13 Å². The molecule has 1 unspecified atom stereocenters. The van der Waals surface area contributed by atoms with E-state index in [0.717, 1.165) is 49.8 Å². The van der Waals surface area contributed by atoms with E-state index in [2.05, 4.69) is 32.3 Å². The van der Waals surface area contributed by atoms with Crippen LogP contribution < -0.4 is 5.32 Å². The van der Waals surface area contributed by atoms with E-state index in [1.807, 2.05) is 19.3 Å². The Morgan fingerprint density at radius 2 is 2.40 bits per heavy atom. The molecule has 1 N–H and O–H groups in total. The summed E-state index contributed by atoms with van der Waals surface area (Å²) >= 11 is 1.54. The van der Waals surface area contributed by atoms with Crippen LogP contribution >= 0.6 is 11.3 Å². The monoisotopic (exact) mass is 362 g/mol. The van der Waals surface area contributed by atoms with E-state index >= 15 is 0 Å². The molecule has 1 atom stereocenters. The lowest BCUT2D eigenvalue weighted by Gasteiger charge is -2.22. The van der Waals surface area contributed by atoms with Crippen molar-refractivity contribution in [1.29, 1.82) is 0 Å². The Morgan fingerprint density at radius 1 is 1.52 bits per heavy atom. The van der Waals surface area contributed by atoms with Gasteiger partial charge in [-0.15, -0.1) is 11.3 Å². The van der Waals surface area contributed by atoms with Gasteiger partial charge >= 0.3 is 0 Å². The summed E-state index contributed by atoms with van der Waals surface area (Å²) in [6.45, 7) is 7.82. The molecule has 2 aromatic heterocycles. The average Bonchev–Trinajstić information content (AvgIpc) is 2.85. The number of amides is 1. The van der Waals surface area contributed by atoms with Crippen LogP contribution in [0.4, 0.5) is 5.13 Å². The second kappa shape index (κ2) is 8.51. The molecular weight excluding hydrogens is 336 g/mol. The topological polar surface area (TPSA) is 67.4 Å². The lowest BCUT2D eigenvalue weighted by Crippen LogP contribution is -2.30. The molecule has 1 amide bonds. The maximum Gasteiger partial charge on any atom is 0.223 e. The predicted octanol–water partition coefficient (Wildman–Crippen LogP) is 2.74. The minimum absolute atomic E-state index is 0. The van der Waals surface area contributed by atoms with Gasteiger partial charge in [0.05, 0.1) is 13.2 Å². The van der Waals surface area contributed by atoms with E-state index in [-0.39, 0.29) is 7.33 Å². The van der Waals surface area contributed by atoms with Crippen LogP contribution in [-0.4, -0.2) is 47.1 Å². The van der Waals surface area contributed by atoms with Crippen molar-refractivity contribution < 1.29 is 11.0 Å². The summed E-state index contributed by atoms with van der Waals surface area (Å²) in [5, 5.41) is 3.41. The SMILES string of the molecule is CC(=O)Nc1ncc(CN2CCOCC(Cc3ccnc(C)c3)C2)s1.[HH]. The minimum atomic E-state index is -0.0863. The van der Waals surface area contributed by atoms with Crippen LogP contribution in [0.2, 0.25) is 0 Å². The number of aryl methyl sites for hydroxylation is 1. The van der Waals surface area contributed by atoms with Crippen molar-refractivity contribution in [3.8, 4) is 0 Å². The average molecular weight is 362 g/mol. The van der Waals surface area contributed by atoms with E-state index in [0.29, 0.717) is 11.0 Å². The molecule has 2 aromatic rings. The lowest BCUT2D eigenvalue weighted by atomic mass is 10.00. The Kier molecular flexibility index (Phi) is 6.12. The van der Waals surface area contributed by atoms with Gasteiger partial charge in [0.25, 0.3) is 0 Å². The van der Waals surface area contributed by atoms with E-state index in [4.69, 9.17) is 4.74 Å². The number of ether oxygens (including phenoxy) is 1. The molecule has 25 heavy (non-hydrogen) atoms. The van der Waals surface area contributed by atoms with E-state index < -0.39 is 0 Å². The van der Waals surface area contributed by atoms with Gasteiger partial charge in [-0.1, -0.05) is 0 Å². The summed E-state index contributed by atoms with van der Waals surface area (Å²) in [7, 11) is 0. The van der Waals surface area contributed by atoms with Crippen molar-refractivity contribution in [2.45, 2.75) is 26.8 Å². The van der Waals surface area contributed by atoms with Crippen molar-refractivity contribution in [2.75, 3.05) is 31.6 Å². The molecule has 1 fully saturated rings. The summed E-state index contributed by atoms with van der Waals surface area (Å²) in [5.74, 6) is 0.379. The third-order valence-corrected chi connectivity index (χ3v) is 5.02. The zero-order valence-corrected chi connectivity index (χ0v) is 15.5. The fraction of sp³-hybridized carbons (Fsp3) is 0.500. The van der Waals surface area contributed by atoms with Crippen molar-refractivity contribution in [3.05, 3.63) is 40.7 Å². The fourth-order valence-electron chi connectivity index (χ4n) is 3.09. The normalized spacial score (nSPS) is 18.7. The Hall–Kier alpha value is -1.83. The van der Waals surface area contributed by atoms with Crippen molar-refractivity contribution >= 4 is 22.4 Å².